The van der Waals surface area contributed by atoms with Gasteiger partial charge in [-0.05, 0) is 55.7 Å². The molecule has 0 saturated carbocycles. The van der Waals surface area contributed by atoms with E-state index in [4.69, 9.17) is 23.9 Å². The Labute approximate surface area is 293 Å². The molecular formula is C39H54N6O3Si. The van der Waals surface area contributed by atoms with E-state index in [1.165, 1.54) is 10.9 Å². The number of aromatic nitrogens is 2. The van der Waals surface area contributed by atoms with Crippen LogP contribution in [0.15, 0.2) is 66.7 Å². The Kier molecular flexibility index (Phi) is 10.8. The molecule has 0 aliphatic carbocycles. The first kappa shape index (κ1) is 35.1. The molecule has 1 N–H and O–H groups in total. The van der Waals surface area contributed by atoms with Gasteiger partial charge in [0.2, 0.25) is 0 Å². The van der Waals surface area contributed by atoms with E-state index in [0.29, 0.717) is 32.4 Å². The summed E-state index contributed by atoms with van der Waals surface area (Å²) in [5.74, 6) is 1.87. The monoisotopic (exact) mass is 682 g/mol. The number of fused-ring (bicyclic) bond motifs is 2. The highest BCUT2D eigenvalue weighted by Crippen LogP contribution is 2.38. The number of benzene rings is 3. The van der Waals surface area contributed by atoms with Crippen LogP contribution in [-0.4, -0.2) is 89.3 Å². The van der Waals surface area contributed by atoms with Crippen LogP contribution < -0.4 is 24.6 Å². The highest BCUT2D eigenvalue weighted by Gasteiger charge is 2.38. The molecule has 4 aromatic rings. The maximum absolute atomic E-state index is 6.65. The second-order valence-corrected chi connectivity index (χ2v) is 20.0. The fourth-order valence-electron chi connectivity index (χ4n) is 6.24. The summed E-state index contributed by atoms with van der Waals surface area (Å²) in [6, 6.07) is 23.9. The molecule has 0 unspecified atom stereocenters. The smallest absolute Gasteiger partial charge is 0.318 e. The molecule has 1 atom stereocenters. The van der Waals surface area contributed by atoms with Crippen molar-refractivity contribution in [2.24, 2.45) is 0 Å². The summed E-state index contributed by atoms with van der Waals surface area (Å²) in [7, 11) is 2.25. The molecular weight excluding hydrogens is 629 g/mol. The van der Waals surface area contributed by atoms with Crippen molar-refractivity contribution in [1.82, 2.24) is 20.2 Å². The predicted octanol–water partition coefficient (Wildman–Crippen LogP) is 6.51. The van der Waals surface area contributed by atoms with E-state index in [1.54, 1.807) is 0 Å². The average molecular weight is 683 g/mol. The van der Waals surface area contributed by atoms with Crippen molar-refractivity contribution in [3.8, 4) is 11.8 Å². The number of ether oxygens (including phenoxy) is 2. The molecule has 10 heteroatoms. The Hall–Kier alpha value is -3.70. The van der Waals surface area contributed by atoms with Gasteiger partial charge in [0, 0.05) is 61.5 Å². The maximum atomic E-state index is 6.65. The van der Waals surface area contributed by atoms with Gasteiger partial charge in [0.1, 0.15) is 24.8 Å². The Bertz CT molecular complexity index is 1710. The molecule has 1 aromatic heterocycles. The molecule has 0 spiro atoms. The zero-order chi connectivity index (χ0) is 34.6. The molecule has 0 amide bonds. The van der Waals surface area contributed by atoms with Crippen LogP contribution in [-0.2, 0) is 24.0 Å². The second kappa shape index (κ2) is 15.0. The normalized spacial score (nSPS) is 17.0. The molecule has 49 heavy (non-hydrogen) atoms. The lowest BCUT2D eigenvalue weighted by atomic mass is 10.0. The molecule has 2 aliphatic rings. The highest BCUT2D eigenvalue weighted by molar-refractivity contribution is 6.74. The van der Waals surface area contributed by atoms with Crippen molar-refractivity contribution in [3.63, 3.8) is 0 Å². The van der Waals surface area contributed by atoms with Crippen LogP contribution in [0.3, 0.4) is 0 Å². The van der Waals surface area contributed by atoms with Gasteiger partial charge in [-0.1, -0.05) is 75.4 Å². The summed E-state index contributed by atoms with van der Waals surface area (Å²) in [6.07, 6.45) is 0.848. The van der Waals surface area contributed by atoms with Gasteiger partial charge in [-0.3, -0.25) is 0 Å². The van der Waals surface area contributed by atoms with E-state index < -0.39 is 8.32 Å². The Balaban J connectivity index is 1.27. The van der Waals surface area contributed by atoms with Crippen LogP contribution in [0.5, 0.6) is 11.8 Å². The van der Waals surface area contributed by atoms with Crippen LogP contribution in [0, 0.1) is 0 Å². The minimum atomic E-state index is -1.86. The van der Waals surface area contributed by atoms with E-state index in [2.05, 4.69) is 117 Å². The number of nitrogens with one attached hydrogen (secondary N) is 1. The summed E-state index contributed by atoms with van der Waals surface area (Å²) >= 11 is 0. The highest BCUT2D eigenvalue weighted by atomic mass is 28.4. The number of anilines is 2. The van der Waals surface area contributed by atoms with Crippen molar-refractivity contribution in [2.45, 2.75) is 64.5 Å². The maximum Gasteiger partial charge on any atom is 0.318 e. The van der Waals surface area contributed by atoms with Gasteiger partial charge in [0.15, 0.2) is 8.32 Å². The molecule has 1 saturated heterocycles. The third kappa shape index (κ3) is 8.55. The van der Waals surface area contributed by atoms with Gasteiger partial charge in [0.05, 0.1) is 18.8 Å². The zero-order valence-corrected chi connectivity index (χ0v) is 31.5. The fraction of sp³-hybridized carbons (Fsp3) is 0.487. The number of likely N-dealkylation sites (N-methyl/N-ethyl adjacent to an activating group) is 1. The van der Waals surface area contributed by atoms with E-state index in [0.717, 1.165) is 73.0 Å². The molecule has 0 radical (unpaired) electrons. The number of hydrogen-bond donors (Lipinski definition) is 1. The Morgan fingerprint density at radius 1 is 0.939 bits per heavy atom. The lowest BCUT2D eigenvalue weighted by Crippen LogP contribution is -2.55. The third-order valence-corrected chi connectivity index (χ3v) is 14.7. The minimum absolute atomic E-state index is 0.177. The first-order valence-corrected chi connectivity index (χ1v) is 20.6. The second-order valence-electron chi connectivity index (χ2n) is 15.2. The van der Waals surface area contributed by atoms with Crippen molar-refractivity contribution in [1.29, 1.82) is 0 Å². The number of rotatable bonds is 12. The van der Waals surface area contributed by atoms with Gasteiger partial charge >= 0.3 is 6.01 Å². The van der Waals surface area contributed by atoms with Crippen LogP contribution in [0.2, 0.25) is 18.1 Å². The number of piperazine rings is 1. The average Bonchev–Trinajstić information content (AvgIpc) is 3.09. The van der Waals surface area contributed by atoms with E-state index in [1.807, 2.05) is 18.2 Å². The molecule has 1 fully saturated rings. The standard InChI is InChI=1S/C39H54N6O3Si/c1-39(2,3)49(6,7)48-28-31-25-45(20-18-40-31)37-34-17-19-44(26-35(34)41-38(42-37)46-22-21-43(4)5)36-24-32(23-30-15-11-12-16-33(30)36)47-27-29-13-9-8-10-14-29/h8-16,23-24,31,40H,17-22,25-28H2,1-7H3/t31-/m0/s1. The molecule has 262 valence electrons. The lowest BCUT2D eigenvalue weighted by molar-refractivity contribution is 0.234. The summed E-state index contributed by atoms with van der Waals surface area (Å²) < 4.78 is 19.2. The Morgan fingerprint density at radius 2 is 1.71 bits per heavy atom. The van der Waals surface area contributed by atoms with Gasteiger partial charge in [-0.25, -0.2) is 0 Å². The van der Waals surface area contributed by atoms with E-state index in [9.17, 15) is 0 Å². The fourth-order valence-corrected chi connectivity index (χ4v) is 7.30. The van der Waals surface area contributed by atoms with Crippen molar-refractivity contribution in [2.75, 3.05) is 69.8 Å². The van der Waals surface area contributed by atoms with Crippen LogP contribution in [0.25, 0.3) is 10.8 Å². The van der Waals surface area contributed by atoms with Crippen LogP contribution >= 0.6 is 0 Å². The quantitative estimate of drug-likeness (QED) is 0.168. The van der Waals surface area contributed by atoms with Gasteiger partial charge < -0.3 is 33.9 Å². The summed E-state index contributed by atoms with van der Waals surface area (Å²) in [6.45, 7) is 18.2. The molecule has 9 nitrogen and oxygen atoms in total. The topological polar surface area (TPSA) is 75.2 Å². The minimum Gasteiger partial charge on any atom is -0.489 e. The Morgan fingerprint density at radius 3 is 2.49 bits per heavy atom. The van der Waals surface area contributed by atoms with E-state index >= 15 is 0 Å². The lowest BCUT2D eigenvalue weighted by Gasteiger charge is -2.40. The van der Waals surface area contributed by atoms with Gasteiger partial charge in [-0.15, -0.1) is 0 Å². The number of nitrogens with zero attached hydrogens (tertiary/aromatic N) is 5. The van der Waals surface area contributed by atoms with Crippen molar-refractivity contribution < 1.29 is 13.9 Å². The zero-order valence-electron chi connectivity index (χ0n) is 30.5. The van der Waals surface area contributed by atoms with Crippen LogP contribution in [0.1, 0.15) is 37.6 Å². The van der Waals surface area contributed by atoms with Gasteiger partial charge in [0.25, 0.3) is 0 Å². The summed E-state index contributed by atoms with van der Waals surface area (Å²) in [5, 5.41) is 6.26. The van der Waals surface area contributed by atoms with Crippen molar-refractivity contribution in [3.05, 3.63) is 83.6 Å². The van der Waals surface area contributed by atoms with Crippen LogP contribution in [0.4, 0.5) is 11.5 Å². The van der Waals surface area contributed by atoms with E-state index in [-0.39, 0.29) is 11.1 Å². The predicted molar refractivity (Wildman–Crippen MR) is 203 cm³/mol. The first-order chi connectivity index (χ1) is 23.5. The molecule has 0 bridgehead atoms. The summed E-state index contributed by atoms with van der Waals surface area (Å²) in [4.78, 5) is 17.1. The molecule has 3 heterocycles. The SMILES string of the molecule is CN(C)CCOc1nc2c(c(N3CCN[C@H](CO[Si](C)(C)C(C)(C)C)C3)n1)CCN(c1cc(OCc3ccccc3)cc3ccccc13)C2. The van der Waals surface area contributed by atoms with Crippen molar-refractivity contribution >= 4 is 30.6 Å². The first-order valence-electron chi connectivity index (χ1n) is 17.7. The summed E-state index contributed by atoms with van der Waals surface area (Å²) in [5.41, 5.74) is 4.57. The molecule has 6 rings (SSSR count). The molecule has 3 aromatic carbocycles. The third-order valence-electron chi connectivity index (χ3n) is 10.2. The largest absolute Gasteiger partial charge is 0.489 e. The van der Waals surface area contributed by atoms with Gasteiger partial charge in [-0.2, -0.15) is 9.97 Å². The number of hydrogen-bond acceptors (Lipinski definition) is 9. The molecule has 2 aliphatic heterocycles.